The number of nitrogens with zero attached hydrogens (tertiary/aromatic N) is 1. The van der Waals surface area contributed by atoms with Gasteiger partial charge in [0.2, 0.25) is 0 Å². The summed E-state index contributed by atoms with van der Waals surface area (Å²) in [7, 11) is 0. The predicted molar refractivity (Wildman–Crippen MR) is 141 cm³/mol. The van der Waals surface area contributed by atoms with Gasteiger partial charge in [-0.25, -0.2) is 4.39 Å². The first kappa shape index (κ1) is 26.2. The van der Waals surface area contributed by atoms with Crippen molar-refractivity contribution in [3.05, 3.63) is 93.6 Å². The van der Waals surface area contributed by atoms with Crippen LogP contribution in [0.1, 0.15) is 18.1 Å². The van der Waals surface area contributed by atoms with Crippen molar-refractivity contribution in [2.45, 2.75) is 13.5 Å². The zero-order valence-corrected chi connectivity index (χ0v) is 21.3. The van der Waals surface area contributed by atoms with Crippen LogP contribution in [-0.2, 0) is 16.1 Å². The zero-order valence-electron chi connectivity index (χ0n) is 19.7. The number of anilines is 1. The number of imide groups is 1. The number of carbonyl (C=O) groups excluding carboxylic acids is 3. The normalized spacial score (nSPS) is 14.2. The fourth-order valence-corrected chi connectivity index (χ4v) is 4.52. The van der Waals surface area contributed by atoms with Gasteiger partial charge in [0.25, 0.3) is 17.1 Å². The lowest BCUT2D eigenvalue weighted by Crippen LogP contribution is -2.27. The molecule has 3 amide bonds. The van der Waals surface area contributed by atoms with Crippen LogP contribution in [0, 0.1) is 5.82 Å². The van der Waals surface area contributed by atoms with Gasteiger partial charge >= 0.3 is 0 Å². The summed E-state index contributed by atoms with van der Waals surface area (Å²) in [5.41, 5.74) is 1.39. The molecule has 7 nitrogen and oxygen atoms in total. The van der Waals surface area contributed by atoms with E-state index in [1.165, 1.54) is 12.1 Å². The number of hydrogen-bond acceptors (Lipinski definition) is 6. The van der Waals surface area contributed by atoms with Crippen LogP contribution in [0.3, 0.4) is 0 Å². The molecule has 37 heavy (non-hydrogen) atoms. The molecule has 0 aliphatic carbocycles. The molecule has 0 bridgehead atoms. The SMILES string of the molecule is CCOc1cc(/C=C2/SC(=O)N(Cc3ccccc3F)C2=O)ccc1OCC(=O)Nc1cccc(Cl)c1. The summed E-state index contributed by atoms with van der Waals surface area (Å²) in [5.74, 6) is -0.652. The van der Waals surface area contributed by atoms with E-state index in [0.29, 0.717) is 34.4 Å². The summed E-state index contributed by atoms with van der Waals surface area (Å²) in [5, 5.41) is 2.72. The largest absolute Gasteiger partial charge is 0.490 e. The molecule has 0 aromatic heterocycles. The lowest BCUT2D eigenvalue weighted by molar-refractivity contribution is -0.123. The molecule has 1 aliphatic rings. The van der Waals surface area contributed by atoms with E-state index in [1.807, 2.05) is 0 Å². The average Bonchev–Trinajstić information content (AvgIpc) is 3.12. The van der Waals surface area contributed by atoms with E-state index in [9.17, 15) is 18.8 Å². The third-order valence-corrected chi connectivity index (χ3v) is 6.33. The minimum Gasteiger partial charge on any atom is -0.490 e. The van der Waals surface area contributed by atoms with Crippen molar-refractivity contribution < 1.29 is 28.2 Å². The molecule has 190 valence electrons. The van der Waals surface area contributed by atoms with Crippen LogP contribution in [0.5, 0.6) is 11.5 Å². The van der Waals surface area contributed by atoms with Crippen LogP contribution in [0.25, 0.3) is 6.08 Å². The third-order valence-electron chi connectivity index (χ3n) is 5.19. The van der Waals surface area contributed by atoms with Crippen LogP contribution in [-0.4, -0.2) is 35.2 Å². The van der Waals surface area contributed by atoms with Crippen molar-refractivity contribution in [1.29, 1.82) is 0 Å². The van der Waals surface area contributed by atoms with Crippen LogP contribution < -0.4 is 14.8 Å². The number of rotatable bonds is 9. The highest BCUT2D eigenvalue weighted by Crippen LogP contribution is 2.35. The smallest absolute Gasteiger partial charge is 0.293 e. The van der Waals surface area contributed by atoms with Crippen molar-refractivity contribution in [1.82, 2.24) is 4.90 Å². The summed E-state index contributed by atoms with van der Waals surface area (Å²) in [6.07, 6.45) is 1.56. The Morgan fingerprint density at radius 1 is 1.05 bits per heavy atom. The Labute approximate surface area is 222 Å². The Bertz CT molecular complexity index is 1380. The fraction of sp³-hybridized carbons (Fsp3) is 0.148. The van der Waals surface area contributed by atoms with E-state index in [4.69, 9.17) is 21.1 Å². The average molecular weight is 541 g/mol. The number of benzene rings is 3. The number of halogens is 2. The van der Waals surface area contributed by atoms with Crippen molar-refractivity contribution in [3.8, 4) is 11.5 Å². The maximum absolute atomic E-state index is 14.0. The monoisotopic (exact) mass is 540 g/mol. The lowest BCUT2D eigenvalue weighted by atomic mass is 10.1. The van der Waals surface area contributed by atoms with Crippen LogP contribution in [0.2, 0.25) is 5.02 Å². The van der Waals surface area contributed by atoms with Gasteiger partial charge in [0, 0.05) is 16.3 Å². The first-order valence-corrected chi connectivity index (χ1v) is 12.5. The molecule has 3 aromatic rings. The van der Waals surface area contributed by atoms with E-state index >= 15 is 0 Å². The first-order valence-electron chi connectivity index (χ1n) is 11.3. The molecule has 4 rings (SSSR count). The molecule has 0 atom stereocenters. The molecule has 1 saturated heterocycles. The summed E-state index contributed by atoms with van der Waals surface area (Å²) in [4.78, 5) is 38.8. The number of carbonyl (C=O) groups is 3. The van der Waals surface area contributed by atoms with Gasteiger partial charge in [-0.3, -0.25) is 19.3 Å². The molecule has 0 unspecified atom stereocenters. The van der Waals surface area contributed by atoms with Crippen molar-refractivity contribution in [3.63, 3.8) is 0 Å². The van der Waals surface area contributed by atoms with Crippen LogP contribution in [0.4, 0.5) is 14.9 Å². The van der Waals surface area contributed by atoms with Crippen LogP contribution >= 0.6 is 23.4 Å². The topological polar surface area (TPSA) is 84.9 Å². The Morgan fingerprint density at radius 2 is 1.86 bits per heavy atom. The van der Waals surface area contributed by atoms with Gasteiger partial charge < -0.3 is 14.8 Å². The molecule has 0 saturated carbocycles. The van der Waals surface area contributed by atoms with Gasteiger partial charge in [0.15, 0.2) is 18.1 Å². The summed E-state index contributed by atoms with van der Waals surface area (Å²) in [6.45, 7) is 1.73. The van der Waals surface area contributed by atoms with E-state index < -0.39 is 17.0 Å². The van der Waals surface area contributed by atoms with Crippen LogP contribution in [0.15, 0.2) is 71.6 Å². The van der Waals surface area contributed by atoms with Crippen molar-refractivity contribution in [2.75, 3.05) is 18.5 Å². The number of amides is 3. The summed E-state index contributed by atoms with van der Waals surface area (Å²) >= 11 is 6.72. The number of thioether (sulfide) groups is 1. The van der Waals surface area contributed by atoms with Gasteiger partial charge in [0.05, 0.1) is 18.1 Å². The van der Waals surface area contributed by atoms with Gasteiger partial charge in [0.1, 0.15) is 5.82 Å². The second-order valence-corrected chi connectivity index (χ2v) is 9.28. The lowest BCUT2D eigenvalue weighted by Gasteiger charge is -2.13. The highest BCUT2D eigenvalue weighted by molar-refractivity contribution is 8.18. The molecule has 10 heteroatoms. The highest BCUT2D eigenvalue weighted by atomic mass is 35.5. The number of hydrogen-bond donors (Lipinski definition) is 1. The number of ether oxygens (including phenoxy) is 2. The fourth-order valence-electron chi connectivity index (χ4n) is 3.49. The van der Waals surface area contributed by atoms with E-state index in [0.717, 1.165) is 16.7 Å². The van der Waals surface area contributed by atoms with Crippen molar-refractivity contribution >= 4 is 52.2 Å². The highest BCUT2D eigenvalue weighted by Gasteiger charge is 2.35. The van der Waals surface area contributed by atoms with Crippen molar-refractivity contribution in [2.24, 2.45) is 0 Å². The summed E-state index contributed by atoms with van der Waals surface area (Å²) in [6, 6.07) is 17.7. The Balaban J connectivity index is 1.45. The number of nitrogens with one attached hydrogen (secondary N) is 1. The Morgan fingerprint density at radius 3 is 2.62 bits per heavy atom. The standard InChI is InChI=1S/C27H22ClFN2O5S/c1-2-35-23-12-17(10-11-22(23)36-16-25(32)30-20-8-5-7-19(28)14-20)13-24-26(33)31(27(34)37-24)15-18-6-3-4-9-21(18)29/h3-14H,2,15-16H2,1H3,(H,30,32)/b24-13+. The second kappa shape index (κ2) is 11.9. The minimum absolute atomic E-state index is 0.150. The quantitative estimate of drug-likeness (QED) is 0.329. The molecular formula is C27H22ClFN2O5S. The second-order valence-electron chi connectivity index (χ2n) is 7.85. The van der Waals surface area contributed by atoms with E-state index in [-0.39, 0.29) is 29.5 Å². The molecule has 0 radical (unpaired) electrons. The Kier molecular flexibility index (Phi) is 8.47. The Hall–Kier alpha value is -3.82. The van der Waals surface area contributed by atoms with Gasteiger partial charge in [-0.15, -0.1) is 0 Å². The third kappa shape index (κ3) is 6.69. The first-order chi connectivity index (χ1) is 17.8. The van der Waals surface area contributed by atoms with E-state index in [2.05, 4.69) is 5.32 Å². The molecule has 0 spiro atoms. The molecular weight excluding hydrogens is 519 g/mol. The maximum Gasteiger partial charge on any atom is 0.293 e. The van der Waals surface area contributed by atoms with Gasteiger partial charge in [-0.05, 0) is 66.7 Å². The van der Waals surface area contributed by atoms with Gasteiger partial charge in [-0.1, -0.05) is 41.9 Å². The molecule has 1 aliphatic heterocycles. The molecule has 1 heterocycles. The zero-order chi connectivity index (χ0) is 26.4. The minimum atomic E-state index is -0.505. The maximum atomic E-state index is 14.0. The molecule has 3 aromatic carbocycles. The molecule has 1 fully saturated rings. The van der Waals surface area contributed by atoms with Gasteiger partial charge in [-0.2, -0.15) is 0 Å². The summed E-state index contributed by atoms with van der Waals surface area (Å²) < 4.78 is 25.3. The predicted octanol–water partition coefficient (Wildman–Crippen LogP) is 6.13. The van der Waals surface area contributed by atoms with E-state index in [1.54, 1.807) is 67.6 Å². The molecule has 1 N–H and O–H groups in total.